The summed E-state index contributed by atoms with van der Waals surface area (Å²) in [4.78, 5) is 4.57. The Bertz CT molecular complexity index is 451. The number of benzene rings is 1. The summed E-state index contributed by atoms with van der Waals surface area (Å²) in [6.45, 7) is 4.25. The van der Waals surface area contributed by atoms with Gasteiger partial charge in [-0.15, -0.1) is 11.8 Å². The SMILES string of the molecule is CCSc1ccc2cc(C)ccc2n1. The lowest BCUT2D eigenvalue weighted by Gasteiger charge is -2.01. The zero-order valence-corrected chi connectivity index (χ0v) is 9.27. The van der Waals surface area contributed by atoms with E-state index in [4.69, 9.17) is 0 Å². The van der Waals surface area contributed by atoms with Crippen LogP contribution in [0.25, 0.3) is 10.9 Å². The summed E-state index contributed by atoms with van der Waals surface area (Å²) in [5.41, 5.74) is 2.38. The van der Waals surface area contributed by atoms with E-state index in [9.17, 15) is 0 Å². The van der Waals surface area contributed by atoms with Crippen LogP contribution in [0.4, 0.5) is 0 Å². The van der Waals surface area contributed by atoms with E-state index in [0.29, 0.717) is 0 Å². The molecule has 1 heterocycles. The van der Waals surface area contributed by atoms with Crippen LogP contribution in [0.5, 0.6) is 0 Å². The van der Waals surface area contributed by atoms with Gasteiger partial charge in [-0.1, -0.05) is 24.6 Å². The van der Waals surface area contributed by atoms with Crippen LogP contribution in [-0.2, 0) is 0 Å². The Morgan fingerprint density at radius 2 is 2.07 bits per heavy atom. The zero-order valence-electron chi connectivity index (χ0n) is 8.45. The Morgan fingerprint density at radius 1 is 1.21 bits per heavy atom. The van der Waals surface area contributed by atoms with E-state index in [0.717, 1.165) is 16.3 Å². The Hall–Kier alpha value is -1.02. The fourth-order valence-corrected chi connectivity index (χ4v) is 2.08. The molecule has 0 fully saturated rings. The van der Waals surface area contributed by atoms with Crippen LogP contribution in [-0.4, -0.2) is 10.7 Å². The Kier molecular flexibility index (Phi) is 2.73. The van der Waals surface area contributed by atoms with Crippen molar-refractivity contribution in [2.24, 2.45) is 0 Å². The second-order valence-electron chi connectivity index (χ2n) is 3.28. The maximum atomic E-state index is 4.57. The van der Waals surface area contributed by atoms with Crippen molar-refractivity contribution >= 4 is 22.7 Å². The van der Waals surface area contributed by atoms with Gasteiger partial charge in [-0.2, -0.15) is 0 Å². The first-order chi connectivity index (χ1) is 6.79. The van der Waals surface area contributed by atoms with Crippen molar-refractivity contribution in [1.29, 1.82) is 0 Å². The average molecular weight is 203 g/mol. The Balaban J connectivity index is 2.50. The molecule has 1 aromatic heterocycles. The molecule has 0 aliphatic carbocycles. The van der Waals surface area contributed by atoms with Gasteiger partial charge in [0.2, 0.25) is 0 Å². The number of fused-ring (bicyclic) bond motifs is 1. The van der Waals surface area contributed by atoms with Gasteiger partial charge in [0.05, 0.1) is 10.5 Å². The highest BCUT2D eigenvalue weighted by Crippen LogP contribution is 2.20. The molecular formula is C12H13NS. The lowest BCUT2D eigenvalue weighted by Crippen LogP contribution is -1.83. The second kappa shape index (κ2) is 4.01. The summed E-state index contributed by atoms with van der Waals surface area (Å²) in [5, 5.41) is 2.34. The van der Waals surface area contributed by atoms with Crippen LogP contribution in [0.15, 0.2) is 35.4 Å². The maximum absolute atomic E-state index is 4.57. The van der Waals surface area contributed by atoms with Crippen LogP contribution < -0.4 is 0 Å². The topological polar surface area (TPSA) is 12.9 Å². The third-order valence-corrected chi connectivity index (χ3v) is 2.92. The first-order valence-electron chi connectivity index (χ1n) is 4.80. The highest BCUT2D eigenvalue weighted by molar-refractivity contribution is 7.99. The van der Waals surface area contributed by atoms with Crippen molar-refractivity contribution in [3.05, 3.63) is 35.9 Å². The number of nitrogens with zero attached hydrogens (tertiary/aromatic N) is 1. The molecule has 0 unspecified atom stereocenters. The molecule has 0 saturated carbocycles. The summed E-state index contributed by atoms with van der Waals surface area (Å²) < 4.78 is 0. The van der Waals surface area contributed by atoms with Crippen molar-refractivity contribution in [1.82, 2.24) is 4.98 Å². The zero-order chi connectivity index (χ0) is 9.97. The van der Waals surface area contributed by atoms with Crippen molar-refractivity contribution < 1.29 is 0 Å². The fraction of sp³-hybridized carbons (Fsp3) is 0.250. The number of hydrogen-bond acceptors (Lipinski definition) is 2. The minimum Gasteiger partial charge on any atom is -0.241 e. The molecule has 2 rings (SSSR count). The summed E-state index contributed by atoms with van der Waals surface area (Å²) in [6.07, 6.45) is 0. The summed E-state index contributed by atoms with van der Waals surface area (Å²) in [5.74, 6) is 1.07. The maximum Gasteiger partial charge on any atom is 0.0967 e. The number of thioether (sulfide) groups is 1. The average Bonchev–Trinajstić information content (AvgIpc) is 2.19. The van der Waals surface area contributed by atoms with E-state index in [1.165, 1.54) is 10.9 Å². The third kappa shape index (κ3) is 1.90. The van der Waals surface area contributed by atoms with Crippen LogP contribution in [0.2, 0.25) is 0 Å². The molecule has 0 spiro atoms. The van der Waals surface area contributed by atoms with E-state index in [1.54, 1.807) is 11.8 Å². The lowest BCUT2D eigenvalue weighted by atomic mass is 10.1. The summed E-state index contributed by atoms with van der Waals surface area (Å²) in [6, 6.07) is 10.6. The summed E-state index contributed by atoms with van der Waals surface area (Å²) in [7, 11) is 0. The molecule has 0 saturated heterocycles. The fourth-order valence-electron chi connectivity index (χ4n) is 1.45. The molecule has 72 valence electrons. The normalized spacial score (nSPS) is 10.7. The van der Waals surface area contributed by atoms with Crippen molar-refractivity contribution in [3.8, 4) is 0 Å². The van der Waals surface area contributed by atoms with Gasteiger partial charge in [-0.25, -0.2) is 4.98 Å². The number of hydrogen-bond donors (Lipinski definition) is 0. The Morgan fingerprint density at radius 3 is 2.86 bits per heavy atom. The molecule has 0 aliphatic rings. The van der Waals surface area contributed by atoms with Crippen LogP contribution >= 0.6 is 11.8 Å². The van der Waals surface area contributed by atoms with Gasteiger partial charge in [-0.3, -0.25) is 0 Å². The molecule has 0 bridgehead atoms. The van der Waals surface area contributed by atoms with Crippen LogP contribution in [0, 0.1) is 6.92 Å². The van der Waals surface area contributed by atoms with E-state index < -0.39 is 0 Å². The second-order valence-corrected chi connectivity index (χ2v) is 4.56. The van der Waals surface area contributed by atoms with Crippen LogP contribution in [0.1, 0.15) is 12.5 Å². The lowest BCUT2D eigenvalue weighted by molar-refractivity contribution is 1.19. The Labute approximate surface area is 88.6 Å². The molecule has 2 heteroatoms. The van der Waals surface area contributed by atoms with Gasteiger partial charge < -0.3 is 0 Å². The summed E-state index contributed by atoms with van der Waals surface area (Å²) >= 11 is 1.78. The first kappa shape index (κ1) is 9.53. The number of aryl methyl sites for hydroxylation is 1. The van der Waals surface area contributed by atoms with Gasteiger partial charge in [-0.05, 0) is 30.9 Å². The van der Waals surface area contributed by atoms with Gasteiger partial charge in [0.25, 0.3) is 0 Å². The van der Waals surface area contributed by atoms with Gasteiger partial charge in [0.15, 0.2) is 0 Å². The third-order valence-electron chi connectivity index (χ3n) is 2.11. The standard InChI is InChI=1S/C12H13NS/c1-3-14-12-7-5-10-8-9(2)4-6-11(10)13-12/h4-8H,3H2,1-2H3. The molecule has 0 aliphatic heterocycles. The largest absolute Gasteiger partial charge is 0.241 e. The predicted octanol–water partition coefficient (Wildman–Crippen LogP) is 3.66. The minimum absolute atomic E-state index is 1.07. The molecule has 2 aromatic rings. The number of pyridine rings is 1. The smallest absolute Gasteiger partial charge is 0.0967 e. The predicted molar refractivity (Wildman–Crippen MR) is 62.9 cm³/mol. The van der Waals surface area contributed by atoms with E-state index >= 15 is 0 Å². The molecule has 0 radical (unpaired) electrons. The van der Waals surface area contributed by atoms with Crippen molar-refractivity contribution in [2.75, 3.05) is 5.75 Å². The highest BCUT2D eigenvalue weighted by atomic mass is 32.2. The number of aromatic nitrogens is 1. The number of rotatable bonds is 2. The highest BCUT2D eigenvalue weighted by Gasteiger charge is 1.97. The molecule has 14 heavy (non-hydrogen) atoms. The van der Waals surface area contributed by atoms with E-state index in [1.807, 2.05) is 0 Å². The van der Waals surface area contributed by atoms with E-state index in [2.05, 4.69) is 49.2 Å². The molecule has 1 aromatic carbocycles. The monoisotopic (exact) mass is 203 g/mol. The molecule has 0 atom stereocenters. The quantitative estimate of drug-likeness (QED) is 0.691. The molecule has 0 amide bonds. The molecule has 0 N–H and O–H groups in total. The molecule has 1 nitrogen and oxygen atoms in total. The minimum atomic E-state index is 1.07. The van der Waals surface area contributed by atoms with Gasteiger partial charge >= 0.3 is 0 Å². The van der Waals surface area contributed by atoms with Gasteiger partial charge in [0.1, 0.15) is 0 Å². The van der Waals surface area contributed by atoms with Crippen LogP contribution in [0.3, 0.4) is 0 Å². The van der Waals surface area contributed by atoms with Gasteiger partial charge in [0, 0.05) is 5.39 Å². The van der Waals surface area contributed by atoms with Crippen molar-refractivity contribution in [3.63, 3.8) is 0 Å². The first-order valence-corrected chi connectivity index (χ1v) is 5.78. The van der Waals surface area contributed by atoms with Crippen molar-refractivity contribution in [2.45, 2.75) is 18.9 Å². The van der Waals surface area contributed by atoms with E-state index in [-0.39, 0.29) is 0 Å². The molecular weight excluding hydrogens is 190 g/mol.